The number of benzene rings is 1. The lowest BCUT2D eigenvalue weighted by atomic mass is 10.2. The smallest absolute Gasteiger partial charge is 0.170 e. The lowest BCUT2D eigenvalue weighted by Gasteiger charge is -2.22. The first-order valence-corrected chi connectivity index (χ1v) is 8.59. The maximum absolute atomic E-state index is 6.14. The van der Waals surface area contributed by atoms with Crippen LogP contribution in [0.2, 0.25) is 5.02 Å². The van der Waals surface area contributed by atoms with Gasteiger partial charge in [0.25, 0.3) is 0 Å². The highest BCUT2D eigenvalue weighted by atomic mass is 35.5. The molecule has 1 aromatic carbocycles. The summed E-state index contributed by atoms with van der Waals surface area (Å²) in [4.78, 5) is 4.55. The Balaban J connectivity index is 1.93. The van der Waals surface area contributed by atoms with Gasteiger partial charge in [-0.3, -0.25) is 0 Å². The number of rotatable bonds is 6. The van der Waals surface area contributed by atoms with Gasteiger partial charge in [0, 0.05) is 24.7 Å². The van der Waals surface area contributed by atoms with Gasteiger partial charge in [0.1, 0.15) is 0 Å². The molecule has 22 heavy (non-hydrogen) atoms. The Morgan fingerprint density at radius 2 is 2.05 bits per heavy atom. The van der Waals surface area contributed by atoms with E-state index in [1.807, 2.05) is 12.1 Å². The highest BCUT2D eigenvalue weighted by Crippen LogP contribution is 2.31. The van der Waals surface area contributed by atoms with Crippen LogP contribution in [0.25, 0.3) is 0 Å². The Hall–Kier alpha value is -1.04. The molecular formula is C16H25ClN4S. The number of hydrogen-bond acceptors (Lipinski definition) is 3. The first-order chi connectivity index (χ1) is 10.6. The molecular weight excluding hydrogens is 316 g/mol. The fraction of sp³-hybridized carbons (Fsp3) is 0.562. The molecule has 1 aromatic rings. The van der Waals surface area contributed by atoms with Gasteiger partial charge in [-0.25, -0.2) is 0 Å². The molecule has 1 aliphatic rings. The van der Waals surface area contributed by atoms with Gasteiger partial charge in [-0.1, -0.05) is 11.6 Å². The second-order valence-corrected chi connectivity index (χ2v) is 6.74. The zero-order valence-electron chi connectivity index (χ0n) is 13.4. The highest BCUT2D eigenvalue weighted by Gasteiger charge is 2.16. The van der Waals surface area contributed by atoms with E-state index in [0.29, 0.717) is 5.11 Å². The predicted molar refractivity (Wildman–Crippen MR) is 100 cm³/mol. The zero-order valence-corrected chi connectivity index (χ0v) is 14.9. The van der Waals surface area contributed by atoms with Crippen molar-refractivity contribution >= 4 is 40.3 Å². The molecule has 122 valence electrons. The van der Waals surface area contributed by atoms with Gasteiger partial charge >= 0.3 is 0 Å². The number of hydrogen-bond donors (Lipinski definition) is 2. The number of nitrogens with one attached hydrogen (secondary N) is 2. The molecule has 1 heterocycles. The molecule has 0 spiro atoms. The molecule has 0 aliphatic carbocycles. The van der Waals surface area contributed by atoms with Gasteiger partial charge < -0.3 is 20.4 Å². The van der Waals surface area contributed by atoms with Crippen molar-refractivity contribution in [2.24, 2.45) is 0 Å². The standard InChI is InChI=1S/C16H25ClN4S/c1-20(2)9-5-8-18-16(22)19-14-12-13(17)6-7-15(14)21-10-3-4-11-21/h6-7,12H,3-5,8-11H2,1-2H3,(H2,18,19,22). The van der Waals surface area contributed by atoms with Gasteiger partial charge in [-0.2, -0.15) is 0 Å². The first-order valence-electron chi connectivity index (χ1n) is 7.80. The van der Waals surface area contributed by atoms with Crippen LogP contribution < -0.4 is 15.5 Å². The zero-order chi connectivity index (χ0) is 15.9. The predicted octanol–water partition coefficient (Wildman–Crippen LogP) is 3.18. The Bertz CT molecular complexity index is 501. The average Bonchev–Trinajstić information content (AvgIpc) is 2.97. The topological polar surface area (TPSA) is 30.5 Å². The fourth-order valence-corrected chi connectivity index (χ4v) is 2.99. The molecule has 0 aromatic heterocycles. The van der Waals surface area contributed by atoms with Crippen molar-refractivity contribution in [1.29, 1.82) is 0 Å². The van der Waals surface area contributed by atoms with E-state index < -0.39 is 0 Å². The van der Waals surface area contributed by atoms with Crippen molar-refractivity contribution in [1.82, 2.24) is 10.2 Å². The Labute approximate surface area is 143 Å². The van der Waals surface area contributed by atoms with E-state index in [1.165, 1.54) is 18.5 Å². The van der Waals surface area contributed by atoms with E-state index in [-0.39, 0.29) is 0 Å². The summed E-state index contributed by atoms with van der Waals surface area (Å²) in [6, 6.07) is 5.96. The van der Waals surface area contributed by atoms with Crippen LogP contribution in [0.4, 0.5) is 11.4 Å². The van der Waals surface area contributed by atoms with E-state index in [1.54, 1.807) is 0 Å². The summed E-state index contributed by atoms with van der Waals surface area (Å²) in [5.74, 6) is 0. The van der Waals surface area contributed by atoms with Crippen molar-refractivity contribution in [2.75, 3.05) is 50.5 Å². The monoisotopic (exact) mass is 340 g/mol. The number of anilines is 2. The maximum atomic E-state index is 6.14. The third-order valence-electron chi connectivity index (χ3n) is 3.72. The van der Waals surface area contributed by atoms with E-state index in [2.05, 4.69) is 40.6 Å². The molecule has 1 aliphatic heterocycles. The molecule has 1 fully saturated rings. The van der Waals surface area contributed by atoms with Crippen LogP contribution in [0.5, 0.6) is 0 Å². The third kappa shape index (κ3) is 5.30. The van der Waals surface area contributed by atoms with Gasteiger partial charge in [0.05, 0.1) is 11.4 Å². The first kappa shape index (κ1) is 17.3. The van der Waals surface area contributed by atoms with Crippen molar-refractivity contribution < 1.29 is 0 Å². The molecule has 2 rings (SSSR count). The van der Waals surface area contributed by atoms with Crippen molar-refractivity contribution in [3.8, 4) is 0 Å². The van der Waals surface area contributed by atoms with Gasteiger partial charge in [-0.05, 0) is 70.3 Å². The number of halogens is 1. The fourth-order valence-electron chi connectivity index (χ4n) is 2.61. The minimum atomic E-state index is 0.654. The second kappa shape index (κ2) is 8.56. The van der Waals surface area contributed by atoms with E-state index in [0.717, 1.165) is 43.3 Å². The molecule has 0 unspecified atom stereocenters. The lowest BCUT2D eigenvalue weighted by Crippen LogP contribution is -2.31. The minimum absolute atomic E-state index is 0.654. The highest BCUT2D eigenvalue weighted by molar-refractivity contribution is 7.80. The van der Waals surface area contributed by atoms with Gasteiger partial charge in [-0.15, -0.1) is 0 Å². The van der Waals surface area contributed by atoms with Gasteiger partial charge in [0.2, 0.25) is 0 Å². The quantitative estimate of drug-likeness (QED) is 0.613. The molecule has 0 atom stereocenters. The van der Waals surface area contributed by atoms with Crippen LogP contribution >= 0.6 is 23.8 Å². The average molecular weight is 341 g/mol. The summed E-state index contributed by atoms with van der Waals surface area (Å²) >= 11 is 11.5. The second-order valence-electron chi connectivity index (χ2n) is 5.89. The van der Waals surface area contributed by atoms with E-state index in [4.69, 9.17) is 23.8 Å². The van der Waals surface area contributed by atoms with Crippen LogP contribution in [0.15, 0.2) is 18.2 Å². The van der Waals surface area contributed by atoms with Crippen molar-refractivity contribution in [3.05, 3.63) is 23.2 Å². The molecule has 0 radical (unpaired) electrons. The normalized spacial score (nSPS) is 14.5. The number of thiocarbonyl (C=S) groups is 1. The summed E-state index contributed by atoms with van der Waals surface area (Å²) in [5, 5.41) is 7.93. The molecule has 1 saturated heterocycles. The third-order valence-corrected chi connectivity index (χ3v) is 4.20. The minimum Gasteiger partial charge on any atom is -0.370 e. The van der Waals surface area contributed by atoms with Crippen LogP contribution in [0, 0.1) is 0 Å². The summed E-state index contributed by atoms with van der Waals surface area (Å²) < 4.78 is 0. The summed E-state index contributed by atoms with van der Waals surface area (Å²) in [6.45, 7) is 4.11. The SMILES string of the molecule is CN(C)CCCNC(=S)Nc1cc(Cl)ccc1N1CCCC1. The molecule has 0 bridgehead atoms. The molecule has 0 amide bonds. The summed E-state index contributed by atoms with van der Waals surface area (Å²) in [5.41, 5.74) is 2.17. The summed E-state index contributed by atoms with van der Waals surface area (Å²) in [7, 11) is 4.15. The largest absolute Gasteiger partial charge is 0.370 e. The molecule has 6 heteroatoms. The van der Waals surface area contributed by atoms with Crippen LogP contribution in [0.1, 0.15) is 19.3 Å². The van der Waals surface area contributed by atoms with E-state index >= 15 is 0 Å². The number of nitrogens with zero attached hydrogens (tertiary/aromatic N) is 2. The van der Waals surface area contributed by atoms with Crippen LogP contribution in [-0.4, -0.2) is 50.3 Å². The van der Waals surface area contributed by atoms with Crippen molar-refractivity contribution in [2.45, 2.75) is 19.3 Å². The van der Waals surface area contributed by atoms with E-state index in [9.17, 15) is 0 Å². The van der Waals surface area contributed by atoms with Crippen LogP contribution in [-0.2, 0) is 0 Å². The van der Waals surface area contributed by atoms with Crippen LogP contribution in [0.3, 0.4) is 0 Å². The molecule has 4 nitrogen and oxygen atoms in total. The summed E-state index contributed by atoms with van der Waals surface area (Å²) in [6.07, 6.45) is 3.55. The van der Waals surface area contributed by atoms with Crippen molar-refractivity contribution in [3.63, 3.8) is 0 Å². The Kier molecular flexibility index (Phi) is 6.73. The molecule has 2 N–H and O–H groups in total. The van der Waals surface area contributed by atoms with Gasteiger partial charge in [0.15, 0.2) is 5.11 Å². The Morgan fingerprint density at radius 1 is 1.32 bits per heavy atom. The molecule has 0 saturated carbocycles. The maximum Gasteiger partial charge on any atom is 0.170 e. The Morgan fingerprint density at radius 3 is 2.73 bits per heavy atom. The lowest BCUT2D eigenvalue weighted by molar-refractivity contribution is 0.400.